The minimum absolute atomic E-state index is 0.227. The Morgan fingerprint density at radius 2 is 2.24 bits per heavy atom. The normalized spacial score (nSPS) is 28.9. The lowest BCUT2D eigenvalue weighted by molar-refractivity contribution is -0.0613. The lowest BCUT2D eigenvalue weighted by Crippen LogP contribution is -2.53. The summed E-state index contributed by atoms with van der Waals surface area (Å²) in [5, 5.41) is 21.4. The first-order chi connectivity index (χ1) is 10.1. The van der Waals surface area contributed by atoms with Gasteiger partial charge in [-0.2, -0.15) is 0 Å². The van der Waals surface area contributed by atoms with Crippen LogP contribution in [-0.2, 0) is 0 Å². The van der Waals surface area contributed by atoms with E-state index in [-0.39, 0.29) is 5.91 Å². The highest BCUT2D eigenvalue weighted by atomic mass is 16.3. The van der Waals surface area contributed by atoms with E-state index in [0.29, 0.717) is 11.6 Å². The van der Waals surface area contributed by atoms with E-state index in [0.717, 1.165) is 44.6 Å². The lowest BCUT2D eigenvalue weighted by Gasteiger charge is -2.47. The molecule has 3 rings (SSSR count). The van der Waals surface area contributed by atoms with Gasteiger partial charge in [-0.05, 0) is 31.4 Å². The number of anilines is 1. The average Bonchev–Trinajstić information content (AvgIpc) is 2.53. The number of aliphatic hydroxyl groups is 1. The van der Waals surface area contributed by atoms with Gasteiger partial charge in [-0.25, -0.2) is 0 Å². The predicted octanol–water partition coefficient (Wildman–Crippen LogP) is 0.968. The standard InChI is InChI=1S/C15H22N4O2/c1-16-14(20)12-5-6-13(18-17-12)19-9-8-15(21)7-3-2-4-11(15)10-19/h5-6,11,21H,2-4,7-10H2,1H3,(H,16,20). The van der Waals surface area contributed by atoms with E-state index in [2.05, 4.69) is 20.4 Å². The SMILES string of the molecule is CNC(=O)c1ccc(N2CCC3(O)CCCCC3C2)nn1. The Balaban J connectivity index is 1.72. The Bertz CT molecular complexity index is 519. The molecule has 1 aromatic heterocycles. The maximum atomic E-state index is 11.5. The molecule has 1 saturated heterocycles. The van der Waals surface area contributed by atoms with Gasteiger partial charge in [0.2, 0.25) is 0 Å². The van der Waals surface area contributed by atoms with Crippen molar-refractivity contribution in [2.24, 2.45) is 5.92 Å². The molecular weight excluding hydrogens is 268 g/mol. The molecule has 2 aliphatic rings. The van der Waals surface area contributed by atoms with E-state index in [1.54, 1.807) is 13.1 Å². The zero-order valence-electron chi connectivity index (χ0n) is 12.4. The summed E-state index contributed by atoms with van der Waals surface area (Å²) in [5.41, 5.74) is -0.156. The van der Waals surface area contributed by atoms with E-state index in [4.69, 9.17) is 0 Å². The molecule has 2 unspecified atom stereocenters. The maximum Gasteiger partial charge on any atom is 0.271 e. The lowest BCUT2D eigenvalue weighted by atomic mass is 9.71. The molecule has 1 aliphatic carbocycles. The Labute approximate surface area is 124 Å². The first-order valence-corrected chi connectivity index (χ1v) is 7.65. The second kappa shape index (κ2) is 5.60. The zero-order valence-corrected chi connectivity index (χ0v) is 12.4. The van der Waals surface area contributed by atoms with Crippen LogP contribution in [0.3, 0.4) is 0 Å². The Hall–Kier alpha value is -1.69. The molecule has 2 atom stereocenters. The summed E-state index contributed by atoms with van der Waals surface area (Å²) in [4.78, 5) is 13.6. The van der Waals surface area contributed by atoms with Crippen LogP contribution in [0, 0.1) is 5.92 Å². The Kier molecular flexibility index (Phi) is 3.80. The van der Waals surface area contributed by atoms with Crippen LogP contribution in [0.4, 0.5) is 5.82 Å². The van der Waals surface area contributed by atoms with Crippen molar-refractivity contribution >= 4 is 11.7 Å². The molecule has 1 saturated carbocycles. The van der Waals surface area contributed by atoms with E-state index in [9.17, 15) is 9.90 Å². The van der Waals surface area contributed by atoms with Crippen molar-refractivity contribution in [1.82, 2.24) is 15.5 Å². The monoisotopic (exact) mass is 290 g/mol. The first kappa shape index (κ1) is 14.3. The summed E-state index contributed by atoms with van der Waals surface area (Å²) in [7, 11) is 1.58. The quantitative estimate of drug-likeness (QED) is 0.848. The van der Waals surface area contributed by atoms with Crippen molar-refractivity contribution in [2.75, 3.05) is 25.0 Å². The van der Waals surface area contributed by atoms with Gasteiger partial charge in [0.05, 0.1) is 5.60 Å². The van der Waals surface area contributed by atoms with Gasteiger partial charge >= 0.3 is 0 Å². The van der Waals surface area contributed by atoms with Crippen LogP contribution in [-0.4, -0.2) is 46.9 Å². The van der Waals surface area contributed by atoms with Gasteiger partial charge in [-0.3, -0.25) is 4.79 Å². The first-order valence-electron chi connectivity index (χ1n) is 7.65. The molecule has 0 radical (unpaired) electrons. The molecule has 6 nitrogen and oxygen atoms in total. The van der Waals surface area contributed by atoms with Crippen molar-refractivity contribution in [2.45, 2.75) is 37.7 Å². The van der Waals surface area contributed by atoms with Crippen molar-refractivity contribution in [3.05, 3.63) is 17.8 Å². The minimum atomic E-state index is -0.482. The van der Waals surface area contributed by atoms with Crippen molar-refractivity contribution in [3.8, 4) is 0 Å². The molecule has 6 heteroatoms. The largest absolute Gasteiger partial charge is 0.389 e. The number of nitrogens with zero attached hydrogens (tertiary/aromatic N) is 3. The van der Waals surface area contributed by atoms with Crippen LogP contribution in [0.5, 0.6) is 0 Å². The number of fused-ring (bicyclic) bond motifs is 1. The number of amides is 1. The van der Waals surface area contributed by atoms with Crippen LogP contribution in [0.1, 0.15) is 42.6 Å². The van der Waals surface area contributed by atoms with Crippen molar-refractivity contribution < 1.29 is 9.90 Å². The fourth-order valence-electron chi connectivity index (χ4n) is 3.52. The molecule has 2 fully saturated rings. The van der Waals surface area contributed by atoms with Gasteiger partial charge in [-0.1, -0.05) is 12.8 Å². The highest BCUT2D eigenvalue weighted by Gasteiger charge is 2.43. The molecule has 0 spiro atoms. The molecule has 114 valence electrons. The predicted molar refractivity (Wildman–Crippen MR) is 79.2 cm³/mol. The number of nitrogens with one attached hydrogen (secondary N) is 1. The van der Waals surface area contributed by atoms with Crippen molar-refractivity contribution in [1.29, 1.82) is 0 Å². The summed E-state index contributed by atoms with van der Waals surface area (Å²) in [6, 6.07) is 3.54. The topological polar surface area (TPSA) is 78.4 Å². The Morgan fingerprint density at radius 3 is 2.95 bits per heavy atom. The molecule has 2 N–H and O–H groups in total. The van der Waals surface area contributed by atoms with Gasteiger partial charge in [0, 0.05) is 26.1 Å². The van der Waals surface area contributed by atoms with Crippen LogP contribution < -0.4 is 10.2 Å². The fraction of sp³-hybridized carbons (Fsp3) is 0.667. The third-order valence-electron chi connectivity index (χ3n) is 4.86. The smallest absolute Gasteiger partial charge is 0.271 e. The molecule has 1 aromatic rings. The number of piperidine rings is 1. The second-order valence-electron chi connectivity index (χ2n) is 6.10. The van der Waals surface area contributed by atoms with Gasteiger partial charge in [0.25, 0.3) is 5.91 Å². The number of rotatable bonds is 2. The van der Waals surface area contributed by atoms with E-state index >= 15 is 0 Å². The highest BCUT2D eigenvalue weighted by molar-refractivity contribution is 5.91. The molecule has 1 aliphatic heterocycles. The second-order valence-corrected chi connectivity index (χ2v) is 6.10. The molecule has 1 amide bonds. The highest BCUT2D eigenvalue weighted by Crippen LogP contribution is 2.40. The number of hydrogen-bond acceptors (Lipinski definition) is 5. The Morgan fingerprint density at radius 1 is 1.38 bits per heavy atom. The number of carbonyl (C=O) groups is 1. The summed E-state index contributed by atoms with van der Waals surface area (Å²) >= 11 is 0. The van der Waals surface area contributed by atoms with Crippen LogP contribution in [0.15, 0.2) is 12.1 Å². The van der Waals surface area contributed by atoms with E-state index in [1.165, 1.54) is 6.42 Å². The summed E-state index contributed by atoms with van der Waals surface area (Å²) in [6.07, 6.45) is 5.12. The maximum absolute atomic E-state index is 11.5. The molecule has 0 bridgehead atoms. The van der Waals surface area contributed by atoms with E-state index < -0.39 is 5.60 Å². The third-order valence-corrected chi connectivity index (χ3v) is 4.86. The van der Waals surface area contributed by atoms with Crippen LogP contribution >= 0.6 is 0 Å². The number of aromatic nitrogens is 2. The molecular formula is C15H22N4O2. The van der Waals surface area contributed by atoms with E-state index in [1.807, 2.05) is 6.07 Å². The number of carbonyl (C=O) groups excluding carboxylic acids is 1. The fourth-order valence-corrected chi connectivity index (χ4v) is 3.52. The van der Waals surface area contributed by atoms with Gasteiger partial charge in [0.1, 0.15) is 0 Å². The average molecular weight is 290 g/mol. The van der Waals surface area contributed by atoms with Crippen LogP contribution in [0.25, 0.3) is 0 Å². The van der Waals surface area contributed by atoms with Gasteiger partial charge in [-0.15, -0.1) is 10.2 Å². The zero-order chi connectivity index (χ0) is 14.9. The minimum Gasteiger partial charge on any atom is -0.389 e. The summed E-state index contributed by atoms with van der Waals surface area (Å²) in [5.74, 6) is 0.880. The third kappa shape index (κ3) is 2.72. The summed E-state index contributed by atoms with van der Waals surface area (Å²) in [6.45, 7) is 1.62. The van der Waals surface area contributed by atoms with Gasteiger partial charge < -0.3 is 15.3 Å². The van der Waals surface area contributed by atoms with Gasteiger partial charge in [0.15, 0.2) is 11.5 Å². The molecule has 0 aromatic carbocycles. The number of hydrogen-bond donors (Lipinski definition) is 2. The molecule has 21 heavy (non-hydrogen) atoms. The van der Waals surface area contributed by atoms with Crippen LogP contribution in [0.2, 0.25) is 0 Å². The van der Waals surface area contributed by atoms with Crippen molar-refractivity contribution in [3.63, 3.8) is 0 Å². The molecule has 2 heterocycles. The summed E-state index contributed by atoms with van der Waals surface area (Å²) < 4.78 is 0.